The molecular weight excluding hydrogens is 248 g/mol. The minimum Gasteiger partial charge on any atom is -0.461 e. The smallest absolute Gasteiger partial charge is 0.163 e. The Morgan fingerprint density at radius 2 is 1.95 bits per heavy atom. The SMILES string of the molecule is CC(=O)c1ccccc1OC1=CCC(C(C)(C)C)CC1. The quantitative estimate of drug-likeness (QED) is 0.724. The van der Waals surface area contributed by atoms with Gasteiger partial charge in [0.15, 0.2) is 5.78 Å². The van der Waals surface area contributed by atoms with Crippen LogP contribution in [0.5, 0.6) is 5.75 Å². The van der Waals surface area contributed by atoms with Crippen LogP contribution in [0.4, 0.5) is 0 Å². The van der Waals surface area contributed by atoms with Gasteiger partial charge < -0.3 is 4.74 Å². The molecule has 0 aliphatic heterocycles. The van der Waals surface area contributed by atoms with Gasteiger partial charge in [0, 0.05) is 6.42 Å². The zero-order valence-corrected chi connectivity index (χ0v) is 12.9. The molecule has 0 aromatic heterocycles. The lowest BCUT2D eigenvalue weighted by Gasteiger charge is -2.33. The van der Waals surface area contributed by atoms with Gasteiger partial charge in [-0.25, -0.2) is 0 Å². The third kappa shape index (κ3) is 3.50. The summed E-state index contributed by atoms with van der Waals surface area (Å²) < 4.78 is 5.95. The molecule has 1 aromatic rings. The summed E-state index contributed by atoms with van der Waals surface area (Å²) in [6.45, 7) is 8.46. The molecule has 0 saturated heterocycles. The number of allylic oxidation sites excluding steroid dienone is 2. The lowest BCUT2D eigenvalue weighted by atomic mass is 9.74. The Bertz CT molecular complexity index is 520. The van der Waals surface area contributed by atoms with Crippen LogP contribution in [-0.4, -0.2) is 5.78 Å². The maximum atomic E-state index is 11.6. The van der Waals surface area contributed by atoms with Crippen LogP contribution < -0.4 is 4.74 Å². The van der Waals surface area contributed by atoms with Crippen LogP contribution in [0.2, 0.25) is 0 Å². The molecule has 0 saturated carbocycles. The Morgan fingerprint density at radius 1 is 1.25 bits per heavy atom. The number of ketones is 1. The van der Waals surface area contributed by atoms with Crippen molar-refractivity contribution in [3.8, 4) is 5.75 Å². The van der Waals surface area contributed by atoms with Crippen LogP contribution in [0, 0.1) is 11.3 Å². The van der Waals surface area contributed by atoms with Crippen LogP contribution in [0.3, 0.4) is 0 Å². The van der Waals surface area contributed by atoms with Gasteiger partial charge in [-0.2, -0.15) is 0 Å². The molecule has 2 rings (SSSR count). The highest BCUT2D eigenvalue weighted by Crippen LogP contribution is 2.37. The van der Waals surface area contributed by atoms with Crippen molar-refractivity contribution in [1.82, 2.24) is 0 Å². The van der Waals surface area contributed by atoms with E-state index >= 15 is 0 Å². The summed E-state index contributed by atoms with van der Waals surface area (Å²) in [5, 5.41) is 0. The van der Waals surface area contributed by atoms with Crippen LogP contribution in [0.15, 0.2) is 36.1 Å². The molecule has 20 heavy (non-hydrogen) atoms. The van der Waals surface area contributed by atoms with Crippen LogP contribution >= 0.6 is 0 Å². The molecule has 1 aliphatic rings. The van der Waals surface area contributed by atoms with Crippen LogP contribution in [0.1, 0.15) is 57.3 Å². The summed E-state index contributed by atoms with van der Waals surface area (Å²) in [4.78, 5) is 11.6. The van der Waals surface area contributed by atoms with Crippen molar-refractivity contribution < 1.29 is 9.53 Å². The molecule has 0 N–H and O–H groups in total. The summed E-state index contributed by atoms with van der Waals surface area (Å²) in [5.41, 5.74) is 1.01. The topological polar surface area (TPSA) is 26.3 Å². The maximum Gasteiger partial charge on any atom is 0.163 e. The first-order valence-electron chi connectivity index (χ1n) is 7.35. The minimum atomic E-state index is 0.0459. The molecule has 108 valence electrons. The van der Waals surface area contributed by atoms with E-state index in [1.165, 1.54) is 0 Å². The van der Waals surface area contributed by atoms with Gasteiger partial charge in [0.2, 0.25) is 0 Å². The molecule has 0 bridgehead atoms. The second-order valence-corrected chi connectivity index (χ2v) is 6.66. The molecule has 1 aliphatic carbocycles. The summed E-state index contributed by atoms with van der Waals surface area (Å²) in [5.74, 6) is 2.43. The second-order valence-electron chi connectivity index (χ2n) is 6.66. The van der Waals surface area contributed by atoms with Gasteiger partial charge in [0.05, 0.1) is 5.56 Å². The highest BCUT2D eigenvalue weighted by molar-refractivity contribution is 5.96. The molecule has 0 radical (unpaired) electrons. The van der Waals surface area contributed by atoms with E-state index in [0.717, 1.165) is 25.0 Å². The molecule has 1 unspecified atom stereocenters. The highest BCUT2D eigenvalue weighted by atomic mass is 16.5. The maximum absolute atomic E-state index is 11.6. The van der Waals surface area contributed by atoms with E-state index in [-0.39, 0.29) is 5.78 Å². The average Bonchev–Trinajstić information content (AvgIpc) is 2.38. The molecule has 0 fully saturated rings. The standard InChI is InChI=1S/C18H24O2/c1-13(19)16-7-5-6-8-17(16)20-15-11-9-14(10-12-15)18(2,3)4/h5-8,11,14H,9-10,12H2,1-4H3. The van der Waals surface area contributed by atoms with Gasteiger partial charge in [0.1, 0.15) is 11.5 Å². The van der Waals surface area contributed by atoms with Gasteiger partial charge in [0.25, 0.3) is 0 Å². The lowest BCUT2D eigenvalue weighted by molar-refractivity contribution is 0.101. The Morgan fingerprint density at radius 3 is 2.50 bits per heavy atom. The number of benzene rings is 1. The van der Waals surface area contributed by atoms with E-state index in [9.17, 15) is 4.79 Å². The Hall–Kier alpha value is -1.57. The van der Waals surface area contributed by atoms with Gasteiger partial charge >= 0.3 is 0 Å². The van der Waals surface area contributed by atoms with Crippen LogP contribution in [-0.2, 0) is 0 Å². The number of rotatable bonds is 3. The zero-order chi connectivity index (χ0) is 14.8. The zero-order valence-electron chi connectivity index (χ0n) is 12.9. The fourth-order valence-corrected chi connectivity index (χ4v) is 2.68. The summed E-state index contributed by atoms with van der Waals surface area (Å²) in [6.07, 6.45) is 5.35. The molecular formula is C18H24O2. The fraction of sp³-hybridized carbons (Fsp3) is 0.500. The minimum absolute atomic E-state index is 0.0459. The van der Waals surface area contributed by atoms with E-state index in [1.807, 2.05) is 24.3 Å². The third-order valence-corrected chi connectivity index (χ3v) is 4.10. The highest BCUT2D eigenvalue weighted by Gasteiger charge is 2.27. The van der Waals surface area contributed by atoms with Gasteiger partial charge in [-0.3, -0.25) is 4.79 Å². The molecule has 0 amide bonds. The monoisotopic (exact) mass is 272 g/mol. The second kappa shape index (κ2) is 5.82. The number of carbonyl (C=O) groups is 1. The number of hydrogen-bond donors (Lipinski definition) is 0. The number of hydrogen-bond acceptors (Lipinski definition) is 2. The van der Waals surface area contributed by atoms with Gasteiger partial charge in [-0.15, -0.1) is 0 Å². The number of para-hydroxylation sites is 1. The van der Waals surface area contributed by atoms with Crippen molar-refractivity contribution >= 4 is 5.78 Å². The van der Waals surface area contributed by atoms with Crippen molar-refractivity contribution in [1.29, 1.82) is 0 Å². The van der Waals surface area contributed by atoms with Gasteiger partial charge in [-0.05, 0) is 49.3 Å². The number of carbonyl (C=O) groups excluding carboxylic acids is 1. The van der Waals surface area contributed by atoms with Crippen molar-refractivity contribution in [3.63, 3.8) is 0 Å². The first kappa shape index (κ1) is 14.8. The van der Waals surface area contributed by atoms with Crippen molar-refractivity contribution in [2.75, 3.05) is 0 Å². The van der Waals surface area contributed by atoms with E-state index in [0.29, 0.717) is 22.6 Å². The van der Waals surface area contributed by atoms with Crippen LogP contribution in [0.25, 0.3) is 0 Å². The van der Waals surface area contributed by atoms with E-state index < -0.39 is 0 Å². The molecule has 2 nitrogen and oxygen atoms in total. The molecule has 0 spiro atoms. The summed E-state index contributed by atoms with van der Waals surface area (Å²) in [6, 6.07) is 7.46. The number of Topliss-reactive ketones (excluding diaryl/α,β-unsaturated/α-hetero) is 1. The molecule has 0 heterocycles. The van der Waals surface area contributed by atoms with E-state index in [2.05, 4.69) is 26.8 Å². The van der Waals surface area contributed by atoms with Crippen molar-refractivity contribution in [3.05, 3.63) is 41.7 Å². The van der Waals surface area contributed by atoms with Gasteiger partial charge in [-0.1, -0.05) is 32.9 Å². The van der Waals surface area contributed by atoms with E-state index in [4.69, 9.17) is 4.74 Å². The molecule has 2 heteroatoms. The summed E-state index contributed by atoms with van der Waals surface area (Å²) >= 11 is 0. The fourth-order valence-electron chi connectivity index (χ4n) is 2.68. The summed E-state index contributed by atoms with van der Waals surface area (Å²) in [7, 11) is 0. The Labute approximate surface area is 121 Å². The van der Waals surface area contributed by atoms with E-state index in [1.54, 1.807) is 6.92 Å². The first-order valence-corrected chi connectivity index (χ1v) is 7.35. The van der Waals surface area contributed by atoms with Crippen molar-refractivity contribution in [2.45, 2.75) is 47.0 Å². The number of ether oxygens (including phenoxy) is 1. The van der Waals surface area contributed by atoms with Crippen molar-refractivity contribution in [2.24, 2.45) is 11.3 Å². The third-order valence-electron chi connectivity index (χ3n) is 4.10. The molecule has 1 atom stereocenters. The predicted molar refractivity (Wildman–Crippen MR) is 82.0 cm³/mol. The first-order chi connectivity index (χ1) is 9.38. The average molecular weight is 272 g/mol. The normalized spacial score (nSPS) is 19.4. The molecule has 1 aromatic carbocycles. The lowest BCUT2D eigenvalue weighted by Crippen LogP contribution is -2.23. The Balaban J connectivity index is 2.09. The Kier molecular flexibility index (Phi) is 4.32. The largest absolute Gasteiger partial charge is 0.461 e. The predicted octanol–water partition coefficient (Wildman–Crippen LogP) is 5.00.